The lowest BCUT2D eigenvalue weighted by atomic mass is 9.93. The highest BCUT2D eigenvalue weighted by molar-refractivity contribution is 9.10. The number of carbonyl (C=O) groups is 1. The van der Waals surface area contributed by atoms with Gasteiger partial charge in [-0.15, -0.1) is 0 Å². The van der Waals surface area contributed by atoms with Gasteiger partial charge in [-0.3, -0.25) is 4.79 Å². The van der Waals surface area contributed by atoms with Crippen molar-refractivity contribution in [2.45, 2.75) is 12.6 Å². The third-order valence-electron chi connectivity index (χ3n) is 4.78. The molecular weight excluding hydrogens is 422 g/mol. The number of hydrogen-bond donors (Lipinski definition) is 1. The zero-order valence-corrected chi connectivity index (χ0v) is 16.7. The van der Waals surface area contributed by atoms with Crippen LogP contribution in [0.25, 0.3) is 5.57 Å². The van der Waals surface area contributed by atoms with Crippen molar-refractivity contribution in [2.75, 3.05) is 7.11 Å². The SMILES string of the molecule is COc1ccc(C2=C(O)C(=O)N(Cc3ccco3)[C@H]2c2cccc(Br)c2)cc1. The number of ether oxygens (including phenoxy) is 1. The largest absolute Gasteiger partial charge is 0.503 e. The number of carbonyl (C=O) groups excluding carboxylic acids is 1. The Morgan fingerprint density at radius 3 is 2.57 bits per heavy atom. The molecule has 2 aromatic carbocycles. The van der Waals surface area contributed by atoms with Crippen molar-refractivity contribution < 1.29 is 19.1 Å². The van der Waals surface area contributed by atoms with Crippen LogP contribution in [0.1, 0.15) is 22.9 Å². The minimum Gasteiger partial charge on any atom is -0.503 e. The van der Waals surface area contributed by atoms with E-state index < -0.39 is 11.9 Å². The van der Waals surface area contributed by atoms with E-state index in [0.717, 1.165) is 15.6 Å². The highest BCUT2D eigenvalue weighted by atomic mass is 79.9. The summed E-state index contributed by atoms with van der Waals surface area (Å²) in [5.41, 5.74) is 2.22. The summed E-state index contributed by atoms with van der Waals surface area (Å²) in [5, 5.41) is 10.8. The molecule has 1 aliphatic rings. The molecule has 0 fully saturated rings. The number of nitrogens with zero attached hydrogens (tertiary/aromatic N) is 1. The highest BCUT2D eigenvalue weighted by Crippen LogP contribution is 2.44. The number of amides is 1. The van der Waals surface area contributed by atoms with E-state index in [0.29, 0.717) is 17.1 Å². The molecule has 0 unspecified atom stereocenters. The number of furan rings is 1. The number of aliphatic hydroxyl groups excluding tert-OH is 1. The second-order valence-corrected chi connectivity index (χ2v) is 7.38. The molecule has 1 atom stereocenters. The number of halogens is 1. The maximum Gasteiger partial charge on any atom is 0.290 e. The first kappa shape index (κ1) is 18.4. The van der Waals surface area contributed by atoms with E-state index in [2.05, 4.69) is 15.9 Å². The number of hydrogen-bond acceptors (Lipinski definition) is 4. The second-order valence-electron chi connectivity index (χ2n) is 6.46. The molecule has 0 spiro atoms. The van der Waals surface area contributed by atoms with Crippen LogP contribution in [-0.4, -0.2) is 23.0 Å². The summed E-state index contributed by atoms with van der Waals surface area (Å²) in [7, 11) is 1.60. The maximum absolute atomic E-state index is 12.9. The van der Waals surface area contributed by atoms with Crippen LogP contribution >= 0.6 is 15.9 Å². The van der Waals surface area contributed by atoms with Crippen molar-refractivity contribution in [3.8, 4) is 5.75 Å². The molecular formula is C22H18BrNO4. The predicted molar refractivity (Wildman–Crippen MR) is 109 cm³/mol. The second kappa shape index (κ2) is 7.56. The van der Waals surface area contributed by atoms with Crippen molar-refractivity contribution in [3.05, 3.63) is 94.0 Å². The normalized spacial score (nSPS) is 16.7. The number of aliphatic hydroxyl groups is 1. The predicted octanol–water partition coefficient (Wildman–Crippen LogP) is 5.10. The Morgan fingerprint density at radius 2 is 1.93 bits per heavy atom. The first-order valence-electron chi connectivity index (χ1n) is 8.75. The van der Waals surface area contributed by atoms with Crippen molar-refractivity contribution >= 4 is 27.4 Å². The van der Waals surface area contributed by atoms with Gasteiger partial charge in [0.25, 0.3) is 5.91 Å². The minimum absolute atomic E-state index is 0.248. The summed E-state index contributed by atoms with van der Waals surface area (Å²) in [6.07, 6.45) is 1.57. The molecule has 0 saturated heterocycles. The Balaban J connectivity index is 1.82. The van der Waals surface area contributed by atoms with E-state index >= 15 is 0 Å². The Kier molecular flexibility index (Phi) is 4.96. The molecule has 3 aromatic rings. The number of benzene rings is 2. The van der Waals surface area contributed by atoms with E-state index in [4.69, 9.17) is 9.15 Å². The standard InChI is InChI=1S/C22H18BrNO4/c1-27-17-9-7-14(8-10-17)19-20(15-4-2-5-16(23)12-15)24(22(26)21(19)25)13-18-6-3-11-28-18/h2-12,20,25H,13H2,1H3/t20-/m0/s1. The van der Waals surface area contributed by atoms with Gasteiger partial charge in [0.2, 0.25) is 0 Å². The fourth-order valence-electron chi connectivity index (χ4n) is 3.48. The summed E-state index contributed by atoms with van der Waals surface area (Å²) in [6.45, 7) is 0.257. The molecule has 0 saturated carbocycles. The van der Waals surface area contributed by atoms with Crippen molar-refractivity contribution in [2.24, 2.45) is 0 Å². The Labute approximate surface area is 171 Å². The van der Waals surface area contributed by atoms with Gasteiger partial charge in [-0.05, 0) is 47.5 Å². The van der Waals surface area contributed by atoms with Gasteiger partial charge in [-0.2, -0.15) is 0 Å². The Bertz CT molecular complexity index is 1020. The molecule has 5 nitrogen and oxygen atoms in total. The fraction of sp³-hybridized carbons (Fsp3) is 0.136. The third-order valence-corrected chi connectivity index (χ3v) is 5.27. The molecule has 0 radical (unpaired) electrons. The van der Waals surface area contributed by atoms with Crippen LogP contribution in [0.15, 0.2) is 81.6 Å². The van der Waals surface area contributed by atoms with Gasteiger partial charge >= 0.3 is 0 Å². The fourth-order valence-corrected chi connectivity index (χ4v) is 3.89. The maximum atomic E-state index is 12.9. The van der Waals surface area contributed by atoms with Crippen molar-refractivity contribution in [1.29, 1.82) is 0 Å². The molecule has 1 amide bonds. The highest BCUT2D eigenvalue weighted by Gasteiger charge is 2.41. The molecule has 2 heterocycles. The van der Waals surface area contributed by atoms with Gasteiger partial charge in [0.15, 0.2) is 5.76 Å². The topological polar surface area (TPSA) is 62.9 Å². The van der Waals surface area contributed by atoms with Crippen LogP contribution in [0.5, 0.6) is 5.75 Å². The smallest absolute Gasteiger partial charge is 0.290 e. The summed E-state index contributed by atoms with van der Waals surface area (Å²) in [4.78, 5) is 14.6. The van der Waals surface area contributed by atoms with Crippen LogP contribution in [-0.2, 0) is 11.3 Å². The van der Waals surface area contributed by atoms with Crippen molar-refractivity contribution in [1.82, 2.24) is 4.90 Å². The first-order valence-corrected chi connectivity index (χ1v) is 9.54. The average Bonchev–Trinajstić information content (AvgIpc) is 3.30. The van der Waals surface area contributed by atoms with Crippen LogP contribution < -0.4 is 4.74 Å². The van der Waals surface area contributed by atoms with E-state index in [1.165, 1.54) is 0 Å². The summed E-state index contributed by atoms with van der Waals surface area (Å²) < 4.78 is 11.6. The zero-order valence-electron chi connectivity index (χ0n) is 15.1. The van der Waals surface area contributed by atoms with Crippen LogP contribution in [0, 0.1) is 0 Å². The van der Waals surface area contributed by atoms with Gasteiger partial charge in [0, 0.05) is 10.0 Å². The lowest BCUT2D eigenvalue weighted by Crippen LogP contribution is -2.29. The number of rotatable bonds is 5. The molecule has 6 heteroatoms. The zero-order chi connectivity index (χ0) is 19.7. The van der Waals surface area contributed by atoms with E-state index in [1.807, 2.05) is 54.6 Å². The Morgan fingerprint density at radius 1 is 1.14 bits per heavy atom. The van der Waals surface area contributed by atoms with Crippen molar-refractivity contribution in [3.63, 3.8) is 0 Å². The average molecular weight is 440 g/mol. The molecule has 28 heavy (non-hydrogen) atoms. The van der Waals surface area contributed by atoms with Gasteiger partial charge in [-0.25, -0.2) is 0 Å². The van der Waals surface area contributed by atoms with E-state index in [1.54, 1.807) is 24.3 Å². The summed E-state index contributed by atoms with van der Waals surface area (Å²) in [5.74, 6) is 0.686. The third kappa shape index (κ3) is 3.31. The summed E-state index contributed by atoms with van der Waals surface area (Å²) in [6, 6.07) is 18.2. The van der Waals surface area contributed by atoms with E-state index in [-0.39, 0.29) is 12.3 Å². The molecule has 0 aliphatic carbocycles. The minimum atomic E-state index is -0.441. The lowest BCUT2D eigenvalue weighted by molar-refractivity contribution is -0.130. The quantitative estimate of drug-likeness (QED) is 0.600. The molecule has 142 valence electrons. The molecule has 1 aliphatic heterocycles. The van der Waals surface area contributed by atoms with Crippen LogP contribution in [0.4, 0.5) is 0 Å². The van der Waals surface area contributed by atoms with Gasteiger partial charge in [0.1, 0.15) is 11.5 Å². The Hall–Kier alpha value is -2.99. The monoisotopic (exact) mass is 439 g/mol. The number of methoxy groups -OCH3 is 1. The van der Waals surface area contributed by atoms with Crippen LogP contribution in [0.3, 0.4) is 0 Å². The van der Waals surface area contributed by atoms with Gasteiger partial charge in [-0.1, -0.05) is 40.2 Å². The first-order chi connectivity index (χ1) is 13.6. The lowest BCUT2D eigenvalue weighted by Gasteiger charge is -2.27. The van der Waals surface area contributed by atoms with Crippen LogP contribution in [0.2, 0.25) is 0 Å². The summed E-state index contributed by atoms with van der Waals surface area (Å²) >= 11 is 3.50. The van der Waals surface area contributed by atoms with Gasteiger partial charge < -0.3 is 19.2 Å². The van der Waals surface area contributed by atoms with Gasteiger partial charge in [0.05, 0.1) is 26.0 Å². The molecule has 4 rings (SSSR count). The molecule has 1 aromatic heterocycles. The molecule has 0 bridgehead atoms. The van der Waals surface area contributed by atoms with E-state index in [9.17, 15) is 9.90 Å². The molecule has 1 N–H and O–H groups in total.